The number of alkyl halides is 3. The molecule has 1 aliphatic heterocycles. The normalized spacial score (nSPS) is 15.0. The zero-order valence-electron chi connectivity index (χ0n) is 19.6. The van der Waals surface area contributed by atoms with Crippen LogP contribution in [0.2, 0.25) is 0 Å². The van der Waals surface area contributed by atoms with Gasteiger partial charge in [0.15, 0.2) is 0 Å². The summed E-state index contributed by atoms with van der Waals surface area (Å²) in [7, 11) is 1.56. The van der Waals surface area contributed by atoms with E-state index in [2.05, 4.69) is 9.98 Å². The standard InChI is InChI=1S/C26H22F3N5O3/c1-33-11-21(19-7-22(32-24(19)25(33)36)16(9-30)10-31-26(27,28)29)18-8-23(35)34(17-13-37-14-17)12-20(18)15-5-3-2-4-6-15/h2-12,17,32H,13-14,30H2,1H3/b16-9+,31-10+. The molecule has 37 heavy (non-hydrogen) atoms. The number of H-pyrrole nitrogens is 1. The van der Waals surface area contributed by atoms with Crippen LogP contribution in [-0.4, -0.2) is 39.8 Å². The zero-order chi connectivity index (χ0) is 26.3. The fourth-order valence-corrected chi connectivity index (χ4v) is 4.34. The van der Waals surface area contributed by atoms with E-state index in [1.54, 1.807) is 24.0 Å². The van der Waals surface area contributed by atoms with Gasteiger partial charge in [-0.2, -0.15) is 4.99 Å². The van der Waals surface area contributed by atoms with E-state index < -0.39 is 11.9 Å². The lowest BCUT2D eigenvalue weighted by Crippen LogP contribution is -2.37. The van der Waals surface area contributed by atoms with Gasteiger partial charge in [0.1, 0.15) is 5.52 Å². The van der Waals surface area contributed by atoms with Crippen molar-refractivity contribution in [3.05, 3.63) is 87.5 Å². The molecule has 0 spiro atoms. The number of fused-ring (bicyclic) bond motifs is 1. The van der Waals surface area contributed by atoms with E-state index in [4.69, 9.17) is 10.5 Å². The molecule has 0 bridgehead atoms. The molecule has 4 aromatic rings. The Bertz CT molecular complexity index is 1660. The second-order valence-corrected chi connectivity index (χ2v) is 8.68. The monoisotopic (exact) mass is 509 g/mol. The lowest BCUT2D eigenvalue weighted by molar-refractivity contribution is -0.118. The molecule has 0 saturated carbocycles. The minimum Gasteiger partial charge on any atom is -0.404 e. The Balaban J connectivity index is 1.76. The topological polar surface area (TPSA) is 107 Å². The van der Waals surface area contributed by atoms with Gasteiger partial charge in [0, 0.05) is 65.7 Å². The number of nitrogens with two attached hydrogens (primary N) is 1. The molecular weight excluding hydrogens is 487 g/mol. The number of hydrogen-bond acceptors (Lipinski definition) is 5. The molecule has 0 amide bonds. The Labute approximate surface area is 208 Å². The highest BCUT2D eigenvalue weighted by molar-refractivity contribution is 6.11. The molecule has 0 radical (unpaired) electrons. The number of allylic oxidation sites excluding steroid dienone is 1. The van der Waals surface area contributed by atoms with Gasteiger partial charge >= 0.3 is 6.30 Å². The molecule has 3 N–H and O–H groups in total. The summed E-state index contributed by atoms with van der Waals surface area (Å²) in [4.78, 5) is 31.5. The van der Waals surface area contributed by atoms with Crippen LogP contribution in [0.4, 0.5) is 13.2 Å². The van der Waals surface area contributed by atoms with Crippen LogP contribution < -0.4 is 16.9 Å². The third-order valence-electron chi connectivity index (χ3n) is 6.27. The van der Waals surface area contributed by atoms with Crippen molar-refractivity contribution in [2.45, 2.75) is 12.3 Å². The van der Waals surface area contributed by atoms with Gasteiger partial charge in [0.2, 0.25) is 0 Å². The smallest absolute Gasteiger partial charge is 0.404 e. The molecule has 1 saturated heterocycles. The molecule has 0 unspecified atom stereocenters. The molecule has 8 nitrogen and oxygen atoms in total. The van der Waals surface area contributed by atoms with Crippen LogP contribution in [0, 0.1) is 0 Å². The Morgan fingerprint density at radius 2 is 1.84 bits per heavy atom. The number of benzene rings is 1. The third-order valence-corrected chi connectivity index (χ3v) is 6.27. The molecule has 1 aromatic carbocycles. The average Bonchev–Trinajstić information content (AvgIpc) is 3.27. The largest absolute Gasteiger partial charge is 0.503 e. The van der Waals surface area contributed by atoms with Crippen LogP contribution in [-0.2, 0) is 11.8 Å². The molecule has 0 aliphatic carbocycles. The molecule has 1 aliphatic rings. The highest BCUT2D eigenvalue weighted by atomic mass is 19.4. The average molecular weight is 509 g/mol. The second-order valence-electron chi connectivity index (χ2n) is 8.68. The number of aromatic nitrogens is 3. The fourth-order valence-electron chi connectivity index (χ4n) is 4.34. The van der Waals surface area contributed by atoms with Crippen molar-refractivity contribution in [2.24, 2.45) is 17.8 Å². The molecular formula is C26H22F3N5O3. The molecule has 4 heterocycles. The van der Waals surface area contributed by atoms with E-state index in [1.807, 2.05) is 30.3 Å². The highest BCUT2D eigenvalue weighted by Gasteiger charge is 2.26. The quantitative estimate of drug-likeness (QED) is 0.315. The molecule has 5 rings (SSSR count). The first-order chi connectivity index (χ1) is 17.7. The maximum atomic E-state index is 13.1. The second kappa shape index (κ2) is 9.25. The number of ether oxygens (including phenoxy) is 1. The molecule has 1 fully saturated rings. The minimum atomic E-state index is -4.78. The number of hydrogen-bond donors (Lipinski definition) is 2. The van der Waals surface area contributed by atoms with Crippen LogP contribution >= 0.6 is 0 Å². The number of aryl methyl sites for hydroxylation is 1. The van der Waals surface area contributed by atoms with Crippen molar-refractivity contribution < 1.29 is 17.9 Å². The summed E-state index contributed by atoms with van der Waals surface area (Å²) < 4.78 is 46.3. The van der Waals surface area contributed by atoms with Gasteiger partial charge < -0.3 is 24.6 Å². The SMILES string of the molecule is Cn1cc(-c2cc(=O)n(C3COC3)cc2-c2ccccc2)c2cc(C(=C/N)/C=N/C(F)(F)F)[nH]c2c1=O. The lowest BCUT2D eigenvalue weighted by Gasteiger charge is -2.29. The van der Waals surface area contributed by atoms with Crippen molar-refractivity contribution in [3.63, 3.8) is 0 Å². The van der Waals surface area contributed by atoms with Gasteiger partial charge in [0.05, 0.1) is 19.3 Å². The van der Waals surface area contributed by atoms with E-state index in [0.29, 0.717) is 35.9 Å². The van der Waals surface area contributed by atoms with Gasteiger partial charge in [-0.1, -0.05) is 30.3 Å². The Hall–Kier alpha value is -4.38. The van der Waals surface area contributed by atoms with Crippen molar-refractivity contribution in [3.8, 4) is 22.3 Å². The van der Waals surface area contributed by atoms with E-state index >= 15 is 0 Å². The Morgan fingerprint density at radius 3 is 2.46 bits per heavy atom. The first kappa shape index (κ1) is 24.3. The van der Waals surface area contributed by atoms with Crippen LogP contribution in [0.1, 0.15) is 11.7 Å². The van der Waals surface area contributed by atoms with E-state index in [0.717, 1.165) is 17.3 Å². The third kappa shape index (κ3) is 4.60. The predicted octanol–water partition coefficient (Wildman–Crippen LogP) is 3.82. The van der Waals surface area contributed by atoms with Gasteiger partial charge in [-0.15, -0.1) is 13.2 Å². The summed E-state index contributed by atoms with van der Waals surface area (Å²) >= 11 is 0. The Kier molecular flexibility index (Phi) is 6.08. The zero-order valence-corrected chi connectivity index (χ0v) is 19.6. The lowest BCUT2D eigenvalue weighted by atomic mass is 9.95. The van der Waals surface area contributed by atoms with Crippen molar-refractivity contribution >= 4 is 22.7 Å². The number of aliphatic imine (C=N–C) groups is 1. The first-order valence-electron chi connectivity index (χ1n) is 11.3. The molecule has 11 heteroatoms. The molecule has 3 aromatic heterocycles. The maximum absolute atomic E-state index is 13.1. The summed E-state index contributed by atoms with van der Waals surface area (Å²) in [6.07, 6.45) is 0.177. The van der Waals surface area contributed by atoms with E-state index in [1.165, 1.54) is 16.7 Å². The minimum absolute atomic E-state index is 0.0507. The fraction of sp³-hybridized carbons (Fsp3) is 0.192. The van der Waals surface area contributed by atoms with Crippen molar-refractivity contribution in [1.82, 2.24) is 14.1 Å². The number of aromatic amines is 1. The molecule has 0 atom stereocenters. The number of halogens is 3. The highest BCUT2D eigenvalue weighted by Crippen LogP contribution is 2.36. The summed E-state index contributed by atoms with van der Waals surface area (Å²) in [6, 6.07) is 12.4. The van der Waals surface area contributed by atoms with E-state index in [-0.39, 0.29) is 28.4 Å². The van der Waals surface area contributed by atoms with Gasteiger partial charge in [-0.05, 0) is 17.2 Å². The van der Waals surface area contributed by atoms with Crippen LogP contribution in [0.25, 0.3) is 38.7 Å². The number of nitrogens with zero attached hydrogens (tertiary/aromatic N) is 3. The number of pyridine rings is 2. The van der Waals surface area contributed by atoms with Gasteiger partial charge in [-0.3, -0.25) is 9.59 Å². The maximum Gasteiger partial charge on any atom is 0.503 e. The van der Waals surface area contributed by atoms with Crippen LogP contribution in [0.5, 0.6) is 0 Å². The first-order valence-corrected chi connectivity index (χ1v) is 11.3. The number of rotatable bonds is 5. The van der Waals surface area contributed by atoms with Crippen molar-refractivity contribution in [2.75, 3.05) is 13.2 Å². The van der Waals surface area contributed by atoms with Crippen LogP contribution in [0.3, 0.4) is 0 Å². The Morgan fingerprint density at radius 1 is 1.11 bits per heavy atom. The van der Waals surface area contributed by atoms with Crippen molar-refractivity contribution in [1.29, 1.82) is 0 Å². The number of nitrogens with one attached hydrogen (secondary N) is 1. The van der Waals surface area contributed by atoms with Gasteiger partial charge in [0.25, 0.3) is 11.1 Å². The van der Waals surface area contributed by atoms with Gasteiger partial charge in [-0.25, -0.2) is 0 Å². The summed E-state index contributed by atoms with van der Waals surface area (Å²) in [5.74, 6) is 0. The predicted molar refractivity (Wildman–Crippen MR) is 135 cm³/mol. The summed E-state index contributed by atoms with van der Waals surface area (Å²) in [5, 5.41) is 0.430. The summed E-state index contributed by atoms with van der Waals surface area (Å²) in [5.41, 5.74) is 7.96. The summed E-state index contributed by atoms with van der Waals surface area (Å²) in [6.45, 7) is 0.874. The van der Waals surface area contributed by atoms with Crippen LogP contribution in [0.15, 0.2) is 75.6 Å². The van der Waals surface area contributed by atoms with E-state index in [9.17, 15) is 22.8 Å². The molecule has 190 valence electrons.